The zero-order chi connectivity index (χ0) is 18.1. The van der Waals surface area contributed by atoms with Crippen LogP contribution in [-0.4, -0.2) is 25.7 Å². The van der Waals surface area contributed by atoms with Crippen LogP contribution in [0.3, 0.4) is 0 Å². The van der Waals surface area contributed by atoms with Crippen molar-refractivity contribution in [2.24, 2.45) is 7.05 Å². The predicted molar refractivity (Wildman–Crippen MR) is 97.5 cm³/mol. The van der Waals surface area contributed by atoms with Gasteiger partial charge in [-0.25, -0.2) is 9.37 Å². The van der Waals surface area contributed by atoms with Gasteiger partial charge in [-0.1, -0.05) is 23.5 Å². The molecule has 0 atom stereocenters. The van der Waals surface area contributed by atoms with E-state index in [0.717, 1.165) is 5.56 Å². The molecule has 0 N–H and O–H groups in total. The molecule has 4 aromatic rings. The van der Waals surface area contributed by atoms with Gasteiger partial charge in [0.15, 0.2) is 5.13 Å². The summed E-state index contributed by atoms with van der Waals surface area (Å²) in [6, 6.07) is 10.1. The number of amides is 1. The lowest BCUT2D eigenvalue weighted by molar-refractivity contribution is 0.0976. The first-order chi connectivity index (χ1) is 12.6. The molecule has 6 nitrogen and oxygen atoms in total. The topological polar surface area (TPSA) is 63.9 Å². The van der Waals surface area contributed by atoms with Crippen molar-refractivity contribution in [3.63, 3.8) is 0 Å². The number of aryl methyl sites for hydroxylation is 1. The van der Waals surface area contributed by atoms with Gasteiger partial charge in [-0.2, -0.15) is 5.10 Å². The third kappa shape index (κ3) is 2.95. The van der Waals surface area contributed by atoms with E-state index in [2.05, 4.69) is 15.1 Å². The van der Waals surface area contributed by atoms with Crippen molar-refractivity contribution < 1.29 is 9.18 Å². The van der Waals surface area contributed by atoms with Crippen LogP contribution in [0.15, 0.2) is 55.0 Å². The van der Waals surface area contributed by atoms with E-state index in [4.69, 9.17) is 0 Å². The van der Waals surface area contributed by atoms with Crippen LogP contribution >= 0.6 is 11.3 Å². The molecule has 0 aliphatic heterocycles. The smallest absolute Gasteiger partial charge is 0.278 e. The second-order valence-electron chi connectivity index (χ2n) is 5.68. The molecule has 3 aromatic heterocycles. The Labute approximate surface area is 152 Å². The Morgan fingerprint density at radius 3 is 2.81 bits per heavy atom. The van der Waals surface area contributed by atoms with Gasteiger partial charge in [0.25, 0.3) is 5.91 Å². The second kappa shape index (κ2) is 6.64. The standard InChI is InChI=1S/C18H14FN5OS/c1-23-14(7-9-21-23)17(25)24(11-12-4-3-8-20-10-12)18-22-16-13(19)5-2-6-15(16)26-18/h2-10H,11H2,1H3. The number of fused-ring (bicyclic) bond motifs is 1. The highest BCUT2D eigenvalue weighted by Gasteiger charge is 2.24. The number of anilines is 1. The zero-order valence-corrected chi connectivity index (χ0v) is 14.7. The van der Waals surface area contributed by atoms with E-state index in [1.54, 1.807) is 49.9 Å². The number of para-hydroxylation sites is 1. The maximum atomic E-state index is 14.0. The lowest BCUT2D eigenvalue weighted by Gasteiger charge is -2.19. The number of benzene rings is 1. The number of carbonyl (C=O) groups excluding carboxylic acids is 1. The molecule has 3 heterocycles. The van der Waals surface area contributed by atoms with E-state index in [9.17, 15) is 9.18 Å². The van der Waals surface area contributed by atoms with Crippen molar-refractivity contribution in [3.8, 4) is 0 Å². The molecule has 0 aliphatic rings. The molecular formula is C18H14FN5OS. The summed E-state index contributed by atoms with van der Waals surface area (Å²) in [5.74, 6) is -0.660. The van der Waals surface area contributed by atoms with Crippen LogP contribution in [0.2, 0.25) is 0 Å². The maximum absolute atomic E-state index is 14.0. The summed E-state index contributed by atoms with van der Waals surface area (Å²) in [4.78, 5) is 23.1. The van der Waals surface area contributed by atoms with Gasteiger partial charge in [0, 0.05) is 25.6 Å². The van der Waals surface area contributed by atoms with Crippen LogP contribution in [0.5, 0.6) is 0 Å². The third-order valence-electron chi connectivity index (χ3n) is 3.94. The van der Waals surface area contributed by atoms with Crippen molar-refractivity contribution in [2.75, 3.05) is 4.90 Å². The molecule has 4 rings (SSSR count). The second-order valence-corrected chi connectivity index (χ2v) is 6.68. The lowest BCUT2D eigenvalue weighted by Crippen LogP contribution is -2.31. The minimum atomic E-state index is -0.403. The fraction of sp³-hybridized carbons (Fsp3) is 0.111. The monoisotopic (exact) mass is 367 g/mol. The van der Waals surface area contributed by atoms with Crippen LogP contribution in [0.1, 0.15) is 16.1 Å². The highest BCUT2D eigenvalue weighted by Crippen LogP contribution is 2.31. The summed E-state index contributed by atoms with van der Waals surface area (Å²) >= 11 is 1.27. The molecule has 1 aromatic carbocycles. The van der Waals surface area contributed by atoms with Crippen LogP contribution in [0.25, 0.3) is 10.2 Å². The molecule has 130 valence electrons. The summed E-state index contributed by atoms with van der Waals surface area (Å²) in [5.41, 5.74) is 1.54. The van der Waals surface area contributed by atoms with E-state index in [1.807, 2.05) is 6.07 Å². The Hall–Kier alpha value is -3.13. The van der Waals surface area contributed by atoms with Gasteiger partial charge in [0.2, 0.25) is 0 Å². The normalized spacial score (nSPS) is 11.0. The van der Waals surface area contributed by atoms with Crippen molar-refractivity contribution in [1.82, 2.24) is 19.7 Å². The molecule has 0 spiro atoms. The summed E-state index contributed by atoms with van der Waals surface area (Å²) in [5, 5.41) is 4.49. The van der Waals surface area contributed by atoms with Crippen molar-refractivity contribution in [2.45, 2.75) is 6.54 Å². The van der Waals surface area contributed by atoms with Gasteiger partial charge in [-0.3, -0.25) is 19.4 Å². The van der Waals surface area contributed by atoms with E-state index < -0.39 is 5.82 Å². The zero-order valence-electron chi connectivity index (χ0n) is 13.8. The number of hydrogen-bond acceptors (Lipinski definition) is 5. The average molecular weight is 367 g/mol. The van der Waals surface area contributed by atoms with Gasteiger partial charge in [-0.05, 0) is 29.8 Å². The van der Waals surface area contributed by atoms with Gasteiger partial charge >= 0.3 is 0 Å². The van der Waals surface area contributed by atoms with Crippen molar-refractivity contribution in [1.29, 1.82) is 0 Å². The van der Waals surface area contributed by atoms with Crippen molar-refractivity contribution in [3.05, 3.63) is 72.1 Å². The summed E-state index contributed by atoms with van der Waals surface area (Å²) in [6.07, 6.45) is 4.93. The Morgan fingerprint density at radius 1 is 1.23 bits per heavy atom. The van der Waals surface area contributed by atoms with Gasteiger partial charge in [0.1, 0.15) is 17.0 Å². The highest BCUT2D eigenvalue weighted by atomic mass is 32.1. The summed E-state index contributed by atoms with van der Waals surface area (Å²) < 4.78 is 16.2. The van der Waals surface area contributed by atoms with Crippen LogP contribution in [-0.2, 0) is 13.6 Å². The number of hydrogen-bond donors (Lipinski definition) is 0. The highest BCUT2D eigenvalue weighted by molar-refractivity contribution is 7.22. The number of halogens is 1. The Balaban J connectivity index is 1.80. The molecule has 0 fully saturated rings. The largest absolute Gasteiger partial charge is 0.278 e. The van der Waals surface area contributed by atoms with Gasteiger partial charge < -0.3 is 0 Å². The average Bonchev–Trinajstić information content (AvgIpc) is 3.27. The predicted octanol–water partition coefficient (Wildman–Crippen LogP) is 3.41. The molecular weight excluding hydrogens is 353 g/mol. The van der Waals surface area contributed by atoms with Crippen molar-refractivity contribution >= 4 is 32.6 Å². The molecule has 1 amide bonds. The number of thiazole rings is 1. The number of rotatable bonds is 4. The number of carbonyl (C=O) groups is 1. The SMILES string of the molecule is Cn1nccc1C(=O)N(Cc1cccnc1)c1nc2c(F)cccc2s1. The fourth-order valence-electron chi connectivity index (χ4n) is 2.64. The molecule has 0 saturated heterocycles. The van der Waals surface area contributed by atoms with Gasteiger partial charge in [0.05, 0.1) is 11.2 Å². The minimum absolute atomic E-state index is 0.256. The summed E-state index contributed by atoms with van der Waals surface area (Å²) in [7, 11) is 1.70. The third-order valence-corrected chi connectivity index (χ3v) is 4.98. The first-order valence-electron chi connectivity index (χ1n) is 7.87. The Kier molecular flexibility index (Phi) is 4.18. The molecule has 0 saturated carbocycles. The Morgan fingerprint density at radius 2 is 2.12 bits per heavy atom. The lowest BCUT2D eigenvalue weighted by atomic mass is 10.2. The first-order valence-corrected chi connectivity index (χ1v) is 8.69. The first kappa shape index (κ1) is 16.3. The van der Waals surface area contributed by atoms with E-state index >= 15 is 0 Å². The molecule has 0 bridgehead atoms. The Bertz CT molecular complexity index is 1080. The number of aromatic nitrogens is 4. The van der Waals surface area contributed by atoms with Crippen LogP contribution in [0.4, 0.5) is 9.52 Å². The van der Waals surface area contributed by atoms with E-state index in [1.165, 1.54) is 27.0 Å². The van der Waals surface area contributed by atoms with Crippen LogP contribution < -0.4 is 4.90 Å². The fourth-order valence-corrected chi connectivity index (χ4v) is 3.62. The minimum Gasteiger partial charge on any atom is -0.278 e. The molecule has 0 unspecified atom stereocenters. The number of pyridine rings is 1. The molecule has 8 heteroatoms. The molecule has 26 heavy (non-hydrogen) atoms. The quantitative estimate of drug-likeness (QED) is 0.554. The molecule has 0 radical (unpaired) electrons. The number of nitrogens with zero attached hydrogens (tertiary/aromatic N) is 5. The molecule has 0 aliphatic carbocycles. The maximum Gasteiger partial charge on any atom is 0.278 e. The van der Waals surface area contributed by atoms with Gasteiger partial charge in [-0.15, -0.1) is 0 Å². The van der Waals surface area contributed by atoms with Crippen LogP contribution in [0, 0.1) is 5.82 Å². The van der Waals surface area contributed by atoms with E-state index in [0.29, 0.717) is 15.5 Å². The summed E-state index contributed by atoms with van der Waals surface area (Å²) in [6.45, 7) is 0.277. The van der Waals surface area contributed by atoms with E-state index in [-0.39, 0.29) is 18.0 Å².